The van der Waals surface area contributed by atoms with E-state index in [1.165, 1.54) is 0 Å². The molecule has 1 aromatic heterocycles. The molecule has 0 fully saturated rings. The van der Waals surface area contributed by atoms with Crippen LogP contribution >= 0.6 is 0 Å². The van der Waals surface area contributed by atoms with Crippen molar-refractivity contribution >= 4 is 5.97 Å². The van der Waals surface area contributed by atoms with Gasteiger partial charge in [0.1, 0.15) is 18.5 Å². The van der Waals surface area contributed by atoms with Crippen LogP contribution in [0.4, 0.5) is 0 Å². The van der Waals surface area contributed by atoms with Crippen molar-refractivity contribution in [2.45, 2.75) is 19.0 Å². The number of fused-ring (bicyclic) bond motifs is 1. The molecule has 3 N–H and O–H groups in total. The largest absolute Gasteiger partial charge is 0.480 e. The van der Waals surface area contributed by atoms with Crippen molar-refractivity contribution < 1.29 is 14.6 Å². The van der Waals surface area contributed by atoms with Gasteiger partial charge >= 0.3 is 12.0 Å². The van der Waals surface area contributed by atoms with Gasteiger partial charge < -0.3 is 15.6 Å². The summed E-state index contributed by atoms with van der Waals surface area (Å²) in [6.45, 7) is 1.21. The van der Waals surface area contributed by atoms with Crippen molar-refractivity contribution in [3.8, 4) is 6.01 Å². The number of hydrogen-bond donors (Lipinski definition) is 2. The molecule has 0 spiro atoms. The number of aromatic nitrogens is 3. The molecule has 2 heterocycles. The molecule has 14 heavy (non-hydrogen) atoms. The van der Waals surface area contributed by atoms with E-state index < -0.39 is 12.0 Å². The van der Waals surface area contributed by atoms with Crippen LogP contribution in [0.15, 0.2) is 0 Å². The highest BCUT2D eigenvalue weighted by Gasteiger charge is 2.22. The molecule has 7 heteroatoms. The number of nitrogens with two attached hydrogens (primary N) is 1. The minimum atomic E-state index is -1.04. The number of hydrogen-bond acceptors (Lipinski definition) is 5. The van der Waals surface area contributed by atoms with Crippen molar-refractivity contribution in [2.75, 3.05) is 6.61 Å². The van der Waals surface area contributed by atoms with E-state index in [1.54, 1.807) is 4.57 Å². The Morgan fingerprint density at radius 3 is 3.21 bits per heavy atom. The van der Waals surface area contributed by atoms with Gasteiger partial charge in [-0.05, 0) is 0 Å². The Morgan fingerprint density at radius 2 is 2.50 bits per heavy atom. The lowest BCUT2D eigenvalue weighted by atomic mass is 10.2. The number of aliphatic carboxylic acids is 1. The zero-order chi connectivity index (χ0) is 10.1. The predicted octanol–water partition coefficient (Wildman–Crippen LogP) is -1.38. The molecule has 0 aliphatic carbocycles. The quantitative estimate of drug-likeness (QED) is 0.620. The fourth-order valence-corrected chi connectivity index (χ4v) is 1.31. The predicted molar refractivity (Wildman–Crippen MR) is 44.8 cm³/mol. The Balaban J connectivity index is 2.14. The molecule has 0 bridgehead atoms. The van der Waals surface area contributed by atoms with Gasteiger partial charge in [0.25, 0.3) is 0 Å². The van der Waals surface area contributed by atoms with Crippen LogP contribution in [-0.4, -0.2) is 38.5 Å². The van der Waals surface area contributed by atoms with Crippen LogP contribution in [0.2, 0.25) is 0 Å². The minimum Gasteiger partial charge on any atom is -0.480 e. The van der Waals surface area contributed by atoms with Gasteiger partial charge in [-0.3, -0.25) is 9.36 Å². The van der Waals surface area contributed by atoms with Crippen molar-refractivity contribution in [1.29, 1.82) is 0 Å². The topological polar surface area (TPSA) is 103 Å². The monoisotopic (exact) mass is 198 g/mol. The third-order valence-electron chi connectivity index (χ3n) is 2.06. The van der Waals surface area contributed by atoms with Gasteiger partial charge in [-0.1, -0.05) is 5.10 Å². The average Bonchev–Trinajstić information content (AvgIpc) is 2.69. The van der Waals surface area contributed by atoms with E-state index in [-0.39, 0.29) is 6.42 Å². The summed E-state index contributed by atoms with van der Waals surface area (Å²) in [4.78, 5) is 10.5. The van der Waals surface area contributed by atoms with E-state index in [0.717, 1.165) is 0 Å². The molecular weight excluding hydrogens is 188 g/mol. The Morgan fingerprint density at radius 1 is 1.71 bits per heavy atom. The van der Waals surface area contributed by atoms with E-state index in [2.05, 4.69) is 10.2 Å². The lowest BCUT2D eigenvalue weighted by Crippen LogP contribution is -2.33. The van der Waals surface area contributed by atoms with Crippen molar-refractivity contribution in [3.63, 3.8) is 0 Å². The van der Waals surface area contributed by atoms with Gasteiger partial charge in [0.15, 0.2) is 0 Å². The van der Waals surface area contributed by atoms with Gasteiger partial charge in [-0.15, -0.1) is 5.10 Å². The summed E-state index contributed by atoms with van der Waals surface area (Å²) in [5.74, 6) is -0.478. The van der Waals surface area contributed by atoms with E-state index in [0.29, 0.717) is 25.0 Å². The third-order valence-corrected chi connectivity index (χ3v) is 2.06. The normalized spacial score (nSPS) is 16.1. The maximum atomic E-state index is 10.5. The molecule has 1 aliphatic heterocycles. The first-order chi connectivity index (χ1) is 6.68. The van der Waals surface area contributed by atoms with Gasteiger partial charge in [0.2, 0.25) is 0 Å². The summed E-state index contributed by atoms with van der Waals surface area (Å²) in [5.41, 5.74) is 5.38. The Kier molecular flexibility index (Phi) is 2.08. The van der Waals surface area contributed by atoms with Crippen LogP contribution in [-0.2, 0) is 17.8 Å². The van der Waals surface area contributed by atoms with Gasteiger partial charge in [0, 0.05) is 6.42 Å². The van der Waals surface area contributed by atoms with E-state index in [1.807, 2.05) is 0 Å². The first kappa shape index (κ1) is 8.95. The van der Waals surface area contributed by atoms with E-state index in [9.17, 15) is 4.79 Å². The van der Waals surface area contributed by atoms with Crippen molar-refractivity contribution in [1.82, 2.24) is 14.8 Å². The number of carbonyl (C=O) groups is 1. The molecule has 0 saturated heterocycles. The number of ether oxygens (including phenoxy) is 1. The lowest BCUT2D eigenvalue weighted by molar-refractivity contribution is -0.138. The van der Waals surface area contributed by atoms with Gasteiger partial charge in [0.05, 0.1) is 6.54 Å². The average molecular weight is 198 g/mol. The SMILES string of the molecule is NC(Cc1nnc2n1CCO2)C(=O)O. The maximum Gasteiger partial charge on any atom is 0.320 e. The highest BCUT2D eigenvalue weighted by molar-refractivity contribution is 5.73. The lowest BCUT2D eigenvalue weighted by Gasteiger charge is -2.04. The fraction of sp³-hybridized carbons (Fsp3) is 0.571. The fourth-order valence-electron chi connectivity index (χ4n) is 1.31. The highest BCUT2D eigenvalue weighted by Crippen LogP contribution is 2.16. The summed E-state index contributed by atoms with van der Waals surface area (Å²) in [6, 6.07) is -0.499. The van der Waals surface area contributed by atoms with Crippen LogP contribution in [0, 0.1) is 0 Å². The van der Waals surface area contributed by atoms with Crippen LogP contribution in [0.1, 0.15) is 5.82 Å². The van der Waals surface area contributed by atoms with Crippen molar-refractivity contribution in [2.24, 2.45) is 5.73 Å². The summed E-state index contributed by atoms with van der Waals surface area (Å²) in [7, 11) is 0. The molecule has 7 nitrogen and oxygen atoms in total. The number of carboxylic acids is 1. The van der Waals surface area contributed by atoms with Crippen LogP contribution in [0.25, 0.3) is 0 Å². The standard InChI is InChI=1S/C7H10N4O3/c8-4(6(12)13)3-5-9-10-7-11(5)1-2-14-7/h4H,1-3,8H2,(H,12,13). The highest BCUT2D eigenvalue weighted by atomic mass is 16.5. The van der Waals surface area contributed by atoms with Gasteiger partial charge in [-0.2, -0.15) is 0 Å². The molecule has 0 saturated carbocycles. The molecule has 1 aromatic rings. The molecule has 0 amide bonds. The smallest absolute Gasteiger partial charge is 0.320 e. The third kappa shape index (κ3) is 1.41. The molecule has 1 aliphatic rings. The molecule has 1 unspecified atom stereocenters. The Bertz CT molecular complexity index is 362. The molecule has 2 rings (SSSR count). The van der Waals surface area contributed by atoms with E-state index in [4.69, 9.17) is 15.6 Å². The van der Waals surface area contributed by atoms with Crippen LogP contribution in [0.3, 0.4) is 0 Å². The number of nitrogens with zero attached hydrogens (tertiary/aromatic N) is 3. The number of rotatable bonds is 3. The minimum absolute atomic E-state index is 0.172. The molecule has 0 aromatic carbocycles. The second-order valence-corrected chi connectivity index (χ2v) is 3.05. The zero-order valence-corrected chi connectivity index (χ0v) is 7.38. The maximum absolute atomic E-state index is 10.5. The van der Waals surface area contributed by atoms with Crippen molar-refractivity contribution in [3.05, 3.63) is 5.82 Å². The zero-order valence-electron chi connectivity index (χ0n) is 7.38. The molecule has 76 valence electrons. The molecule has 0 radical (unpaired) electrons. The second kappa shape index (κ2) is 3.26. The molecular formula is C7H10N4O3. The van der Waals surface area contributed by atoms with E-state index >= 15 is 0 Å². The summed E-state index contributed by atoms with van der Waals surface area (Å²) < 4.78 is 6.86. The summed E-state index contributed by atoms with van der Waals surface area (Å²) in [5, 5.41) is 16.2. The second-order valence-electron chi connectivity index (χ2n) is 3.05. The Labute approximate surface area is 79.5 Å². The van der Waals surface area contributed by atoms with Crippen LogP contribution in [0.5, 0.6) is 6.01 Å². The van der Waals surface area contributed by atoms with Crippen LogP contribution < -0.4 is 10.5 Å². The Hall–Kier alpha value is -1.63. The summed E-state index contributed by atoms with van der Waals surface area (Å²) in [6.07, 6.45) is 0.172. The van der Waals surface area contributed by atoms with Gasteiger partial charge in [-0.25, -0.2) is 0 Å². The number of carboxylic acid groups (broad SMARTS) is 1. The molecule has 1 atom stereocenters. The first-order valence-corrected chi connectivity index (χ1v) is 4.21. The summed E-state index contributed by atoms with van der Waals surface area (Å²) >= 11 is 0. The first-order valence-electron chi connectivity index (χ1n) is 4.21.